The van der Waals surface area contributed by atoms with Gasteiger partial charge < -0.3 is 24.9 Å². The summed E-state index contributed by atoms with van der Waals surface area (Å²) in [4.78, 5) is 4.41. The molecular weight excluding hydrogens is 469 g/mol. The molecule has 0 aliphatic heterocycles. The van der Waals surface area contributed by atoms with Gasteiger partial charge in [0.1, 0.15) is 23.7 Å². The second-order valence-electron chi connectivity index (χ2n) is 5.68. The van der Waals surface area contributed by atoms with E-state index in [-0.39, 0.29) is 30.5 Å². The first-order chi connectivity index (χ1) is 12.0. The molecule has 144 valence electrons. The van der Waals surface area contributed by atoms with Gasteiger partial charge >= 0.3 is 0 Å². The topological polar surface area (TPSA) is 79.0 Å². The molecule has 0 bridgehead atoms. The summed E-state index contributed by atoms with van der Waals surface area (Å²) in [6.45, 7) is 5.58. The SMILES string of the molecule is CCNC(=NCC(C)(O)c1ccco1)NCCOc1ccc(Cl)cc1.I. The van der Waals surface area contributed by atoms with Crippen molar-refractivity contribution in [2.45, 2.75) is 19.4 Å². The molecule has 1 aromatic heterocycles. The van der Waals surface area contributed by atoms with Crippen molar-refractivity contribution in [3.05, 3.63) is 53.4 Å². The number of furan rings is 1. The van der Waals surface area contributed by atoms with Gasteiger partial charge in [-0.2, -0.15) is 0 Å². The molecule has 1 heterocycles. The van der Waals surface area contributed by atoms with Gasteiger partial charge in [0.2, 0.25) is 0 Å². The number of aliphatic hydroxyl groups is 1. The lowest BCUT2D eigenvalue weighted by molar-refractivity contribution is 0.0437. The van der Waals surface area contributed by atoms with Gasteiger partial charge in [0, 0.05) is 11.6 Å². The normalized spacial score (nSPS) is 13.5. The summed E-state index contributed by atoms with van der Waals surface area (Å²) in [6.07, 6.45) is 1.53. The van der Waals surface area contributed by atoms with Gasteiger partial charge in [0.05, 0.1) is 19.4 Å². The van der Waals surface area contributed by atoms with Gasteiger partial charge in [-0.25, -0.2) is 4.99 Å². The zero-order chi connectivity index (χ0) is 18.1. The lowest BCUT2D eigenvalue weighted by atomic mass is 10.0. The Hall–Kier alpha value is -1.45. The lowest BCUT2D eigenvalue weighted by Gasteiger charge is -2.19. The van der Waals surface area contributed by atoms with Crippen LogP contribution in [0.1, 0.15) is 19.6 Å². The molecule has 0 radical (unpaired) electrons. The first kappa shape index (κ1) is 22.6. The Kier molecular flexibility index (Phi) is 9.82. The molecule has 1 atom stereocenters. The van der Waals surface area contributed by atoms with Gasteiger partial charge in [-0.05, 0) is 50.2 Å². The van der Waals surface area contributed by atoms with Crippen LogP contribution in [0.2, 0.25) is 5.02 Å². The van der Waals surface area contributed by atoms with E-state index in [1.54, 1.807) is 31.2 Å². The quantitative estimate of drug-likeness (QED) is 0.227. The second kappa shape index (κ2) is 11.3. The van der Waals surface area contributed by atoms with Crippen LogP contribution < -0.4 is 15.4 Å². The number of rotatable bonds is 8. The highest BCUT2D eigenvalue weighted by Crippen LogP contribution is 2.21. The minimum absolute atomic E-state index is 0. The molecule has 0 aliphatic carbocycles. The lowest BCUT2D eigenvalue weighted by Crippen LogP contribution is -2.40. The summed E-state index contributed by atoms with van der Waals surface area (Å²) in [5, 5.41) is 17.4. The molecule has 1 aromatic carbocycles. The maximum Gasteiger partial charge on any atom is 0.191 e. The van der Waals surface area contributed by atoms with Gasteiger partial charge in [-0.1, -0.05) is 11.6 Å². The Labute approximate surface area is 176 Å². The van der Waals surface area contributed by atoms with Crippen molar-refractivity contribution in [2.24, 2.45) is 4.99 Å². The number of nitrogens with one attached hydrogen (secondary N) is 2. The maximum absolute atomic E-state index is 10.4. The molecule has 0 saturated carbocycles. The predicted octanol–water partition coefficient (Wildman–Crippen LogP) is 3.39. The van der Waals surface area contributed by atoms with Gasteiger partial charge in [-0.3, -0.25) is 0 Å². The number of hydrogen-bond acceptors (Lipinski definition) is 4. The van der Waals surface area contributed by atoms with Gasteiger partial charge in [0.15, 0.2) is 5.96 Å². The Morgan fingerprint density at radius 3 is 2.62 bits per heavy atom. The van der Waals surface area contributed by atoms with Crippen molar-refractivity contribution < 1.29 is 14.3 Å². The number of hydrogen-bond donors (Lipinski definition) is 3. The summed E-state index contributed by atoms with van der Waals surface area (Å²) in [5.74, 6) is 1.85. The molecule has 1 unspecified atom stereocenters. The summed E-state index contributed by atoms with van der Waals surface area (Å²) < 4.78 is 10.9. The third-order valence-corrected chi connectivity index (χ3v) is 3.67. The fourth-order valence-corrected chi connectivity index (χ4v) is 2.23. The Bertz CT molecular complexity index is 661. The number of benzene rings is 1. The zero-order valence-corrected chi connectivity index (χ0v) is 18.0. The fourth-order valence-electron chi connectivity index (χ4n) is 2.11. The average molecular weight is 494 g/mol. The van der Waals surface area contributed by atoms with Crippen molar-refractivity contribution in [3.8, 4) is 5.75 Å². The summed E-state index contributed by atoms with van der Waals surface area (Å²) in [5.41, 5.74) is -1.16. The molecule has 0 saturated heterocycles. The predicted molar refractivity (Wildman–Crippen MR) is 115 cm³/mol. The largest absolute Gasteiger partial charge is 0.492 e. The number of aliphatic imine (C=N–C) groups is 1. The Morgan fingerprint density at radius 1 is 1.27 bits per heavy atom. The fraction of sp³-hybridized carbons (Fsp3) is 0.389. The highest BCUT2D eigenvalue weighted by atomic mass is 127. The molecule has 2 aromatic rings. The zero-order valence-electron chi connectivity index (χ0n) is 14.9. The second-order valence-corrected chi connectivity index (χ2v) is 6.11. The van der Waals surface area contributed by atoms with Crippen LogP contribution in [-0.4, -0.2) is 37.3 Å². The van der Waals surface area contributed by atoms with E-state index in [9.17, 15) is 5.11 Å². The maximum atomic E-state index is 10.4. The molecule has 0 aliphatic rings. The average Bonchev–Trinajstić information content (AvgIpc) is 3.13. The summed E-state index contributed by atoms with van der Waals surface area (Å²) in [7, 11) is 0. The molecule has 6 nitrogen and oxygen atoms in total. The highest BCUT2D eigenvalue weighted by Gasteiger charge is 2.25. The smallest absolute Gasteiger partial charge is 0.191 e. The number of ether oxygens (including phenoxy) is 1. The number of halogens is 2. The van der Waals surface area contributed by atoms with Crippen molar-refractivity contribution in [2.75, 3.05) is 26.2 Å². The van der Waals surface area contributed by atoms with Crippen LogP contribution in [0.4, 0.5) is 0 Å². The number of guanidine groups is 1. The molecule has 3 N–H and O–H groups in total. The van der Waals surface area contributed by atoms with E-state index in [0.717, 1.165) is 5.75 Å². The van der Waals surface area contributed by atoms with E-state index in [4.69, 9.17) is 20.8 Å². The van der Waals surface area contributed by atoms with Gasteiger partial charge in [-0.15, -0.1) is 24.0 Å². The standard InChI is InChI=1S/C18H24ClN3O3.HI/c1-3-20-17(22-13-18(2,23)16-5-4-11-25-16)21-10-12-24-15-8-6-14(19)7-9-15;/h4-9,11,23H,3,10,12-13H2,1-2H3,(H2,20,21,22);1H. The molecule has 2 rings (SSSR count). The molecule has 8 heteroatoms. The van der Waals surface area contributed by atoms with Crippen LogP contribution in [0.3, 0.4) is 0 Å². The van der Waals surface area contributed by atoms with Gasteiger partial charge in [0.25, 0.3) is 0 Å². The van der Waals surface area contributed by atoms with E-state index >= 15 is 0 Å². The first-order valence-corrected chi connectivity index (χ1v) is 8.56. The highest BCUT2D eigenvalue weighted by molar-refractivity contribution is 14.0. The van der Waals surface area contributed by atoms with Crippen molar-refractivity contribution in [3.63, 3.8) is 0 Å². The van der Waals surface area contributed by atoms with Crippen LogP contribution in [0, 0.1) is 0 Å². The van der Waals surface area contributed by atoms with E-state index < -0.39 is 5.60 Å². The van der Waals surface area contributed by atoms with E-state index in [2.05, 4.69) is 15.6 Å². The van der Waals surface area contributed by atoms with Crippen LogP contribution >= 0.6 is 35.6 Å². The Balaban J connectivity index is 0.00000338. The minimum atomic E-state index is -1.16. The molecule has 0 spiro atoms. The van der Waals surface area contributed by atoms with E-state index in [1.165, 1.54) is 6.26 Å². The van der Waals surface area contributed by atoms with Crippen molar-refractivity contribution in [1.29, 1.82) is 0 Å². The Morgan fingerprint density at radius 2 is 2.00 bits per heavy atom. The van der Waals surface area contributed by atoms with E-state index in [0.29, 0.717) is 36.4 Å². The summed E-state index contributed by atoms with van der Waals surface area (Å²) in [6, 6.07) is 10.7. The molecular formula is C18H25ClIN3O3. The van der Waals surface area contributed by atoms with E-state index in [1.807, 2.05) is 19.1 Å². The third-order valence-electron chi connectivity index (χ3n) is 3.42. The van der Waals surface area contributed by atoms with Crippen LogP contribution in [-0.2, 0) is 5.60 Å². The van der Waals surface area contributed by atoms with Crippen molar-refractivity contribution >= 4 is 41.5 Å². The molecule has 26 heavy (non-hydrogen) atoms. The first-order valence-electron chi connectivity index (χ1n) is 8.18. The number of nitrogens with zero attached hydrogens (tertiary/aromatic N) is 1. The van der Waals surface area contributed by atoms with Crippen LogP contribution in [0.5, 0.6) is 5.75 Å². The van der Waals surface area contributed by atoms with Crippen LogP contribution in [0.25, 0.3) is 0 Å². The van der Waals surface area contributed by atoms with Crippen LogP contribution in [0.15, 0.2) is 52.1 Å². The monoisotopic (exact) mass is 493 g/mol. The molecule has 0 fully saturated rings. The minimum Gasteiger partial charge on any atom is -0.492 e. The van der Waals surface area contributed by atoms with Crippen molar-refractivity contribution in [1.82, 2.24) is 10.6 Å². The summed E-state index contributed by atoms with van der Waals surface area (Å²) >= 11 is 5.84. The third kappa shape index (κ3) is 7.43. The molecule has 0 amide bonds.